The Morgan fingerprint density at radius 1 is 0.900 bits per heavy atom. The summed E-state index contributed by atoms with van der Waals surface area (Å²) in [7, 11) is -3.43. The van der Waals surface area contributed by atoms with Gasteiger partial charge in [-0.25, -0.2) is 8.42 Å². The van der Waals surface area contributed by atoms with Crippen LogP contribution in [0.25, 0.3) is 0 Å². The third kappa shape index (κ3) is 4.16. The summed E-state index contributed by atoms with van der Waals surface area (Å²) in [6.07, 6.45) is 1.08. The van der Waals surface area contributed by atoms with Gasteiger partial charge in [-0.1, -0.05) is 48.5 Å². The van der Waals surface area contributed by atoms with Crippen molar-refractivity contribution < 1.29 is 8.42 Å². The molecule has 2 rings (SSSR count). The van der Waals surface area contributed by atoms with E-state index in [-0.39, 0.29) is 21.9 Å². The number of aryl methyl sites for hydroxylation is 1. The Bertz CT molecular complexity index is 615. The first-order valence-electron chi connectivity index (χ1n) is 6.19. The lowest BCUT2D eigenvalue weighted by molar-refractivity contribution is 0.573. The van der Waals surface area contributed by atoms with Crippen LogP contribution in [0.2, 0.25) is 0 Å². The molecule has 0 saturated carbocycles. The van der Waals surface area contributed by atoms with Crippen molar-refractivity contribution in [3.05, 3.63) is 66.2 Å². The second-order valence-electron chi connectivity index (χ2n) is 4.42. The van der Waals surface area contributed by atoms with E-state index in [1.807, 2.05) is 30.3 Å². The summed E-state index contributed by atoms with van der Waals surface area (Å²) in [6, 6.07) is 18.1. The van der Waals surface area contributed by atoms with Crippen molar-refractivity contribution in [2.75, 3.05) is 0 Å². The van der Waals surface area contributed by atoms with Gasteiger partial charge in [0.25, 0.3) is 0 Å². The molecule has 2 N–H and O–H groups in total. The monoisotopic (exact) mass is 355 g/mol. The smallest absolute Gasteiger partial charge is 0.193 e. The minimum Gasteiger partial charge on any atom is -0.315 e. The van der Waals surface area contributed by atoms with Crippen molar-refractivity contribution >= 4 is 26.8 Å². The highest BCUT2D eigenvalue weighted by Crippen LogP contribution is 2.16. The largest absolute Gasteiger partial charge is 0.315 e. The molecule has 0 aromatic heterocycles. The summed E-state index contributed by atoms with van der Waals surface area (Å²) in [6.45, 7) is 0. The highest BCUT2D eigenvalue weighted by Gasteiger charge is 2.23. The Labute approximate surface area is 130 Å². The first-order chi connectivity index (χ1) is 9.10. The molecule has 2 aromatic rings. The van der Waals surface area contributed by atoms with Crippen molar-refractivity contribution in [2.45, 2.75) is 23.1 Å². The second kappa shape index (κ2) is 7.57. The number of sulfone groups is 1. The maximum Gasteiger partial charge on any atom is 0.193 e. The quantitative estimate of drug-likeness (QED) is 0.896. The van der Waals surface area contributed by atoms with Gasteiger partial charge in [0.2, 0.25) is 0 Å². The molecule has 0 aliphatic carbocycles. The summed E-state index contributed by atoms with van der Waals surface area (Å²) in [4.78, 5) is 0.288. The lowest BCUT2D eigenvalue weighted by Crippen LogP contribution is -2.31. The molecule has 1 unspecified atom stereocenters. The Morgan fingerprint density at radius 2 is 1.40 bits per heavy atom. The van der Waals surface area contributed by atoms with Crippen molar-refractivity contribution in [1.82, 2.24) is 0 Å². The average molecular weight is 356 g/mol. The second-order valence-corrected chi connectivity index (χ2v) is 6.59. The molecule has 108 valence electrons. The minimum atomic E-state index is -3.43. The molecule has 0 aliphatic rings. The molecule has 0 saturated heterocycles. The number of benzene rings is 2. The average Bonchev–Trinajstić information content (AvgIpc) is 2.46. The third-order valence-electron chi connectivity index (χ3n) is 3.03. The fourth-order valence-electron chi connectivity index (χ4n) is 1.89. The van der Waals surface area contributed by atoms with E-state index < -0.39 is 15.2 Å². The Kier molecular flexibility index (Phi) is 6.39. The van der Waals surface area contributed by atoms with Crippen molar-refractivity contribution in [1.29, 1.82) is 0 Å². The van der Waals surface area contributed by atoms with E-state index >= 15 is 0 Å². The standard InChI is InChI=1S/C15H17NO2S.BrH/c16-15(12-11-13-7-3-1-4-8-13)19(17,18)14-9-5-2-6-10-14;/h1-10,15H,11-12,16H2;1H. The first-order valence-corrected chi connectivity index (χ1v) is 7.74. The van der Waals surface area contributed by atoms with E-state index in [1.54, 1.807) is 30.3 Å². The highest BCUT2D eigenvalue weighted by atomic mass is 79.9. The molecule has 0 bridgehead atoms. The van der Waals surface area contributed by atoms with Gasteiger partial charge >= 0.3 is 0 Å². The normalized spacial score (nSPS) is 12.4. The van der Waals surface area contributed by atoms with Gasteiger partial charge in [0, 0.05) is 0 Å². The zero-order chi connectivity index (χ0) is 13.7. The molecule has 0 aliphatic heterocycles. The predicted octanol–water partition coefficient (Wildman–Crippen LogP) is 2.96. The molecule has 1 atom stereocenters. The van der Waals surface area contributed by atoms with Crippen molar-refractivity contribution in [2.24, 2.45) is 5.73 Å². The number of hydrogen-bond acceptors (Lipinski definition) is 3. The Hall–Kier alpha value is -1.17. The van der Waals surface area contributed by atoms with E-state index in [9.17, 15) is 8.42 Å². The molecule has 5 heteroatoms. The van der Waals surface area contributed by atoms with Crippen LogP contribution in [0.5, 0.6) is 0 Å². The van der Waals surface area contributed by atoms with Crippen LogP contribution < -0.4 is 5.73 Å². The highest BCUT2D eigenvalue weighted by molar-refractivity contribution is 8.93. The fourth-order valence-corrected chi connectivity index (χ4v) is 3.21. The van der Waals surface area contributed by atoms with Crippen LogP contribution in [0, 0.1) is 0 Å². The molecular weight excluding hydrogens is 338 g/mol. The van der Waals surface area contributed by atoms with Gasteiger partial charge in [0.1, 0.15) is 5.37 Å². The van der Waals surface area contributed by atoms with E-state index in [1.165, 1.54) is 0 Å². The van der Waals surface area contributed by atoms with Gasteiger partial charge in [-0.2, -0.15) is 0 Å². The van der Waals surface area contributed by atoms with Gasteiger partial charge < -0.3 is 5.73 Å². The van der Waals surface area contributed by atoms with Gasteiger partial charge in [-0.3, -0.25) is 0 Å². The first kappa shape index (κ1) is 16.9. The number of rotatable bonds is 5. The summed E-state index contributed by atoms with van der Waals surface area (Å²) >= 11 is 0. The van der Waals surface area contributed by atoms with Crippen LogP contribution in [0.15, 0.2) is 65.6 Å². The van der Waals surface area contributed by atoms with Gasteiger partial charge in [0.05, 0.1) is 4.90 Å². The number of nitrogens with two attached hydrogens (primary N) is 1. The fraction of sp³-hybridized carbons (Fsp3) is 0.200. The lowest BCUT2D eigenvalue weighted by atomic mass is 10.1. The van der Waals surface area contributed by atoms with E-state index in [0.29, 0.717) is 12.8 Å². The zero-order valence-corrected chi connectivity index (χ0v) is 13.5. The minimum absolute atomic E-state index is 0. The van der Waals surface area contributed by atoms with E-state index in [2.05, 4.69) is 0 Å². The van der Waals surface area contributed by atoms with Crippen LogP contribution in [0.4, 0.5) is 0 Å². The molecule has 3 nitrogen and oxygen atoms in total. The number of hydrogen-bond donors (Lipinski definition) is 1. The third-order valence-corrected chi connectivity index (χ3v) is 4.99. The van der Waals surface area contributed by atoms with Gasteiger partial charge in [0.15, 0.2) is 9.84 Å². The van der Waals surface area contributed by atoms with E-state index in [4.69, 9.17) is 5.73 Å². The van der Waals surface area contributed by atoms with Crippen LogP contribution in [0.1, 0.15) is 12.0 Å². The topological polar surface area (TPSA) is 60.2 Å². The van der Waals surface area contributed by atoms with Crippen LogP contribution >= 0.6 is 17.0 Å². The van der Waals surface area contributed by atoms with Gasteiger partial charge in [-0.15, -0.1) is 17.0 Å². The number of halogens is 1. The molecule has 0 fully saturated rings. The summed E-state index contributed by atoms with van der Waals surface area (Å²) in [5.74, 6) is 0. The molecule has 20 heavy (non-hydrogen) atoms. The van der Waals surface area contributed by atoms with Crippen molar-refractivity contribution in [3.63, 3.8) is 0 Å². The molecule has 0 amide bonds. The zero-order valence-electron chi connectivity index (χ0n) is 11.0. The summed E-state index contributed by atoms with van der Waals surface area (Å²) in [5, 5.41) is -0.866. The Morgan fingerprint density at radius 3 is 1.95 bits per heavy atom. The van der Waals surface area contributed by atoms with Crippen LogP contribution in [-0.4, -0.2) is 13.8 Å². The molecule has 0 heterocycles. The molecular formula is C15H18BrNO2S. The van der Waals surface area contributed by atoms with E-state index in [0.717, 1.165) is 5.56 Å². The maximum atomic E-state index is 12.2. The van der Waals surface area contributed by atoms with Crippen molar-refractivity contribution in [3.8, 4) is 0 Å². The van der Waals surface area contributed by atoms with Gasteiger partial charge in [-0.05, 0) is 30.5 Å². The Balaban J connectivity index is 0.00000200. The van der Waals surface area contributed by atoms with Crippen LogP contribution in [-0.2, 0) is 16.3 Å². The summed E-state index contributed by atoms with van der Waals surface area (Å²) in [5.41, 5.74) is 6.94. The molecule has 0 radical (unpaired) electrons. The molecule has 2 aromatic carbocycles. The lowest BCUT2D eigenvalue weighted by Gasteiger charge is -2.13. The maximum absolute atomic E-state index is 12.2. The predicted molar refractivity (Wildman–Crippen MR) is 86.7 cm³/mol. The molecule has 0 spiro atoms. The van der Waals surface area contributed by atoms with Crippen LogP contribution in [0.3, 0.4) is 0 Å². The SMILES string of the molecule is Br.NC(CCc1ccccc1)S(=O)(=O)c1ccccc1. The summed E-state index contributed by atoms with van der Waals surface area (Å²) < 4.78 is 24.5.